The highest BCUT2D eigenvalue weighted by Crippen LogP contribution is 2.31. The smallest absolute Gasteiger partial charge is 0.273 e. The number of nitrogens with zero attached hydrogens (tertiary/aromatic N) is 1. The van der Waals surface area contributed by atoms with Gasteiger partial charge in [0, 0.05) is 22.5 Å². The van der Waals surface area contributed by atoms with E-state index in [1.165, 1.54) is 74.2 Å². The van der Waals surface area contributed by atoms with Crippen molar-refractivity contribution in [3.05, 3.63) is 67.9 Å². The summed E-state index contributed by atoms with van der Waals surface area (Å²) >= 11 is 24.9. The summed E-state index contributed by atoms with van der Waals surface area (Å²) in [6.45, 7) is 2.24. The fourth-order valence-corrected chi connectivity index (χ4v) is 5.56. The highest BCUT2D eigenvalue weighted by molar-refractivity contribution is 6.40. The fraction of sp³-hybridized carbons (Fsp3) is 0.448. The number of hydrogen-bond donors (Lipinski definition) is 3. The maximum absolute atomic E-state index is 12.6. The van der Waals surface area contributed by atoms with Crippen LogP contribution in [-0.2, 0) is 4.79 Å². The Kier molecular flexibility index (Phi) is 13.1. The SMILES string of the molecule is CCCCCCCCCCCCC(Cl)C(=O)Nc1cccc(Nc2cc(=O)n(-c3c(Cl)cc(Cl)cc3Cl)[nH]2)c1. The Hall–Kier alpha value is -2.12. The van der Waals surface area contributed by atoms with Crippen molar-refractivity contribution in [1.82, 2.24) is 9.78 Å². The van der Waals surface area contributed by atoms with Crippen LogP contribution in [0.1, 0.15) is 77.6 Å². The highest BCUT2D eigenvalue weighted by atomic mass is 35.5. The first-order chi connectivity index (χ1) is 18.8. The number of rotatable bonds is 16. The first-order valence-electron chi connectivity index (χ1n) is 13.6. The number of carbonyl (C=O) groups is 1. The van der Waals surface area contributed by atoms with E-state index >= 15 is 0 Å². The second-order valence-electron chi connectivity index (χ2n) is 9.69. The molecule has 0 aliphatic heterocycles. The summed E-state index contributed by atoms with van der Waals surface area (Å²) in [6, 6.07) is 11.6. The number of H-pyrrole nitrogens is 1. The zero-order valence-corrected chi connectivity index (χ0v) is 25.2. The third kappa shape index (κ3) is 10.1. The van der Waals surface area contributed by atoms with Crippen molar-refractivity contribution in [2.45, 2.75) is 82.9 Å². The summed E-state index contributed by atoms with van der Waals surface area (Å²) in [6.07, 6.45) is 13.0. The topological polar surface area (TPSA) is 78.9 Å². The molecule has 0 aliphatic carbocycles. The van der Waals surface area contributed by atoms with Gasteiger partial charge in [-0.25, -0.2) is 4.68 Å². The minimum absolute atomic E-state index is 0.226. The van der Waals surface area contributed by atoms with Crippen LogP contribution in [0, 0.1) is 0 Å². The molecule has 2 aromatic carbocycles. The number of hydrogen-bond acceptors (Lipinski definition) is 3. The molecule has 1 aromatic heterocycles. The number of anilines is 3. The second kappa shape index (κ2) is 16.2. The predicted octanol–water partition coefficient (Wildman–Crippen LogP) is 9.73. The molecule has 3 N–H and O–H groups in total. The number of alkyl halides is 1. The van der Waals surface area contributed by atoms with Crippen molar-refractivity contribution in [2.24, 2.45) is 0 Å². The Labute approximate surface area is 250 Å². The first-order valence-corrected chi connectivity index (χ1v) is 15.1. The van der Waals surface area contributed by atoms with Gasteiger partial charge in [0.05, 0.1) is 10.0 Å². The van der Waals surface area contributed by atoms with Gasteiger partial charge in [-0.3, -0.25) is 14.7 Å². The van der Waals surface area contributed by atoms with E-state index in [1.54, 1.807) is 18.2 Å². The molecule has 1 amide bonds. The number of halogens is 4. The summed E-state index contributed by atoms with van der Waals surface area (Å²) in [5.41, 5.74) is 1.21. The predicted molar refractivity (Wildman–Crippen MR) is 166 cm³/mol. The Bertz CT molecular complexity index is 1250. The van der Waals surface area contributed by atoms with Crippen molar-refractivity contribution in [3.8, 4) is 5.69 Å². The van der Waals surface area contributed by atoms with E-state index in [0.717, 1.165) is 12.8 Å². The van der Waals surface area contributed by atoms with Crippen molar-refractivity contribution < 1.29 is 4.79 Å². The first kappa shape index (κ1) is 31.4. The molecule has 10 heteroatoms. The van der Waals surface area contributed by atoms with Crippen LogP contribution >= 0.6 is 46.4 Å². The van der Waals surface area contributed by atoms with Crippen LogP contribution in [-0.4, -0.2) is 21.1 Å². The highest BCUT2D eigenvalue weighted by Gasteiger charge is 2.16. The Balaban J connectivity index is 1.47. The van der Waals surface area contributed by atoms with Crippen LogP contribution in [0.2, 0.25) is 15.1 Å². The monoisotopic (exact) mass is 612 g/mol. The number of carbonyl (C=O) groups excluding carboxylic acids is 1. The van der Waals surface area contributed by atoms with E-state index in [2.05, 4.69) is 22.7 Å². The normalized spacial score (nSPS) is 11.9. The van der Waals surface area contributed by atoms with E-state index in [9.17, 15) is 9.59 Å². The number of amides is 1. The Morgan fingerprint density at radius 1 is 0.872 bits per heavy atom. The molecular weight excluding hydrogens is 578 g/mol. The molecular formula is C29H36Cl4N4O2. The quantitative estimate of drug-likeness (QED) is 0.111. The summed E-state index contributed by atoms with van der Waals surface area (Å²) in [4.78, 5) is 25.2. The van der Waals surface area contributed by atoms with Crippen LogP contribution < -0.4 is 16.2 Å². The fourth-order valence-electron chi connectivity index (χ4n) is 4.37. The van der Waals surface area contributed by atoms with Crippen molar-refractivity contribution in [2.75, 3.05) is 10.6 Å². The van der Waals surface area contributed by atoms with Gasteiger partial charge < -0.3 is 10.6 Å². The molecule has 1 unspecified atom stereocenters. The lowest BCUT2D eigenvalue weighted by Gasteiger charge is -2.12. The summed E-state index contributed by atoms with van der Waals surface area (Å²) in [7, 11) is 0. The third-order valence-corrected chi connectivity index (χ3v) is 7.64. The molecule has 3 aromatic rings. The van der Waals surface area contributed by atoms with Gasteiger partial charge in [0.1, 0.15) is 16.9 Å². The van der Waals surface area contributed by atoms with Gasteiger partial charge in [-0.15, -0.1) is 11.6 Å². The maximum atomic E-state index is 12.6. The molecule has 0 fully saturated rings. The average molecular weight is 614 g/mol. The molecule has 1 atom stereocenters. The average Bonchev–Trinajstić information content (AvgIpc) is 3.23. The van der Waals surface area contributed by atoms with E-state index < -0.39 is 5.38 Å². The molecule has 39 heavy (non-hydrogen) atoms. The largest absolute Gasteiger partial charge is 0.340 e. The van der Waals surface area contributed by atoms with Gasteiger partial charge in [-0.05, 0) is 36.8 Å². The molecule has 3 rings (SSSR count). The molecule has 0 spiro atoms. The molecule has 1 heterocycles. The van der Waals surface area contributed by atoms with Crippen LogP contribution in [0.4, 0.5) is 17.2 Å². The van der Waals surface area contributed by atoms with Gasteiger partial charge in [0.15, 0.2) is 0 Å². The van der Waals surface area contributed by atoms with Crippen LogP contribution in [0.3, 0.4) is 0 Å². The number of nitrogens with one attached hydrogen (secondary N) is 3. The van der Waals surface area contributed by atoms with Crippen LogP contribution in [0.5, 0.6) is 0 Å². The van der Waals surface area contributed by atoms with Gasteiger partial charge in [0.2, 0.25) is 5.91 Å². The molecule has 0 bridgehead atoms. The van der Waals surface area contributed by atoms with E-state index in [0.29, 0.717) is 34.3 Å². The second-order valence-corrected chi connectivity index (χ2v) is 11.5. The third-order valence-electron chi connectivity index (χ3n) is 6.43. The molecule has 0 saturated heterocycles. The standard InChI is InChI=1S/C29H36Cl4N4O2/c1-2-3-4-5-6-7-8-9-10-11-15-23(31)29(39)35-22-14-12-13-21(18-22)34-26-19-27(38)37(36-26)28-24(32)16-20(30)17-25(28)33/h12-14,16-19,23,34,36H,2-11,15H2,1H3,(H,35,39). The van der Waals surface area contributed by atoms with E-state index in [4.69, 9.17) is 46.4 Å². The number of unbranched alkanes of at least 4 members (excludes halogenated alkanes) is 9. The lowest BCUT2D eigenvalue weighted by atomic mass is 10.1. The van der Waals surface area contributed by atoms with Gasteiger partial charge in [-0.1, -0.05) is 112 Å². The molecule has 0 aliphatic rings. The van der Waals surface area contributed by atoms with Gasteiger partial charge >= 0.3 is 0 Å². The summed E-state index contributed by atoms with van der Waals surface area (Å²) < 4.78 is 1.24. The molecule has 6 nitrogen and oxygen atoms in total. The van der Waals surface area contributed by atoms with Gasteiger partial charge in [0.25, 0.3) is 5.56 Å². The van der Waals surface area contributed by atoms with E-state index in [-0.39, 0.29) is 21.5 Å². The lowest BCUT2D eigenvalue weighted by molar-refractivity contribution is -0.116. The lowest BCUT2D eigenvalue weighted by Crippen LogP contribution is -2.23. The molecule has 0 radical (unpaired) electrons. The zero-order chi connectivity index (χ0) is 28.2. The zero-order valence-electron chi connectivity index (χ0n) is 22.2. The molecule has 0 saturated carbocycles. The minimum Gasteiger partial charge on any atom is -0.340 e. The van der Waals surface area contributed by atoms with Crippen molar-refractivity contribution in [1.29, 1.82) is 0 Å². The summed E-state index contributed by atoms with van der Waals surface area (Å²) in [5.74, 6) is 0.193. The minimum atomic E-state index is -0.588. The van der Waals surface area contributed by atoms with Gasteiger partial charge in [-0.2, -0.15) is 0 Å². The van der Waals surface area contributed by atoms with E-state index in [1.807, 2.05) is 6.07 Å². The number of benzene rings is 2. The summed E-state index contributed by atoms with van der Waals surface area (Å²) in [5, 5.41) is 9.21. The molecule has 212 valence electrons. The van der Waals surface area contributed by atoms with Crippen LogP contribution in [0.25, 0.3) is 5.69 Å². The number of aromatic amines is 1. The Morgan fingerprint density at radius 2 is 1.46 bits per heavy atom. The Morgan fingerprint density at radius 3 is 2.10 bits per heavy atom. The maximum Gasteiger partial charge on any atom is 0.273 e. The number of aromatic nitrogens is 2. The van der Waals surface area contributed by atoms with Crippen LogP contribution in [0.15, 0.2) is 47.3 Å². The van der Waals surface area contributed by atoms with Crippen molar-refractivity contribution in [3.63, 3.8) is 0 Å². The van der Waals surface area contributed by atoms with Crippen molar-refractivity contribution >= 4 is 69.5 Å².